The fraction of sp³-hybridized carbons (Fsp3) is 0.207. The number of halogens is 1. The molecule has 4 N–H and O–H groups in total. The Kier molecular flexibility index (Phi) is 7.52. The number of amides is 1. The topological polar surface area (TPSA) is 137 Å². The number of pyridine rings is 1. The number of aromatic carboxylic acids is 1. The number of amidine groups is 1. The molecular formula is C29H27ClN6O4. The molecule has 0 fully saturated rings. The van der Waals surface area contributed by atoms with Gasteiger partial charge in [0.25, 0.3) is 5.91 Å². The second-order valence-electron chi connectivity index (χ2n) is 9.25. The lowest BCUT2D eigenvalue weighted by Crippen LogP contribution is -2.44. The number of aryl methyl sites for hydroxylation is 1. The van der Waals surface area contributed by atoms with Crippen LogP contribution in [0.2, 0.25) is 5.02 Å². The molecule has 3 heterocycles. The Morgan fingerprint density at radius 3 is 2.75 bits per heavy atom. The average molecular weight is 559 g/mol. The number of ether oxygens (including phenoxy) is 1. The van der Waals surface area contributed by atoms with Gasteiger partial charge in [0.2, 0.25) is 5.96 Å². The smallest absolute Gasteiger partial charge is 0.335 e. The van der Waals surface area contributed by atoms with Crippen LogP contribution in [0, 0.1) is 0 Å². The standard InChI is InChI=1S/C29H27ClN6O4/c1-4-16-6-5-7-22-20(16)14-24(33-22)35-29-32-15(2)25(26(36-29)19-9-8-18(40-3)13-21(19)30)27(37)34-23-12-17(28(38)39)10-11-31-23/h5-13,26H,4,14H2,1-3H3,(H,38,39)(H,31,34,37)(H2,32,33,35,36). The molecule has 1 amide bonds. The lowest BCUT2D eigenvalue weighted by Gasteiger charge is -2.27. The van der Waals surface area contributed by atoms with Gasteiger partial charge in [0.05, 0.1) is 23.9 Å². The van der Waals surface area contributed by atoms with Gasteiger partial charge >= 0.3 is 5.97 Å². The molecule has 0 aliphatic carbocycles. The zero-order chi connectivity index (χ0) is 28.4. The molecule has 1 aromatic heterocycles. The highest BCUT2D eigenvalue weighted by Gasteiger charge is 2.32. The Morgan fingerprint density at radius 2 is 2.02 bits per heavy atom. The summed E-state index contributed by atoms with van der Waals surface area (Å²) in [5.41, 5.74) is 4.77. The van der Waals surface area contributed by atoms with Crippen LogP contribution in [0.1, 0.15) is 46.9 Å². The molecule has 0 saturated heterocycles. The summed E-state index contributed by atoms with van der Waals surface area (Å²) in [6.45, 7) is 3.88. The normalized spacial score (nSPS) is 15.9. The van der Waals surface area contributed by atoms with E-state index in [-0.39, 0.29) is 11.4 Å². The summed E-state index contributed by atoms with van der Waals surface area (Å²) in [5, 5.41) is 18.9. The van der Waals surface area contributed by atoms with Gasteiger partial charge in [-0.3, -0.25) is 4.79 Å². The number of benzene rings is 2. The molecule has 2 aromatic carbocycles. The highest BCUT2D eigenvalue weighted by Crippen LogP contribution is 2.37. The van der Waals surface area contributed by atoms with Crippen molar-refractivity contribution in [3.63, 3.8) is 0 Å². The number of carbonyl (C=O) groups excluding carboxylic acids is 1. The Labute approximate surface area is 235 Å². The summed E-state index contributed by atoms with van der Waals surface area (Å²) in [4.78, 5) is 38.6. The lowest BCUT2D eigenvalue weighted by atomic mass is 9.95. The van der Waals surface area contributed by atoms with Gasteiger partial charge < -0.3 is 25.8 Å². The summed E-state index contributed by atoms with van der Waals surface area (Å²) in [5.74, 6) is 0.189. The minimum atomic E-state index is -1.13. The van der Waals surface area contributed by atoms with E-state index in [1.807, 2.05) is 12.1 Å². The molecular weight excluding hydrogens is 532 g/mol. The van der Waals surface area contributed by atoms with Gasteiger partial charge in [0, 0.05) is 28.9 Å². The number of guanidine groups is 1. The van der Waals surface area contributed by atoms with Gasteiger partial charge in [-0.15, -0.1) is 0 Å². The van der Waals surface area contributed by atoms with E-state index in [1.54, 1.807) is 32.2 Å². The van der Waals surface area contributed by atoms with Crippen molar-refractivity contribution in [2.75, 3.05) is 12.4 Å². The highest BCUT2D eigenvalue weighted by atomic mass is 35.5. The molecule has 3 aromatic rings. The summed E-state index contributed by atoms with van der Waals surface area (Å²) in [6, 6.07) is 13.1. The zero-order valence-corrected chi connectivity index (χ0v) is 22.8. The average Bonchev–Trinajstić information content (AvgIpc) is 3.35. The van der Waals surface area contributed by atoms with Crippen molar-refractivity contribution in [3.8, 4) is 5.75 Å². The summed E-state index contributed by atoms with van der Waals surface area (Å²) in [7, 11) is 1.54. The van der Waals surface area contributed by atoms with Gasteiger partial charge in [-0.1, -0.05) is 36.7 Å². The number of aromatic nitrogens is 1. The van der Waals surface area contributed by atoms with E-state index < -0.39 is 17.9 Å². The fourth-order valence-corrected chi connectivity index (χ4v) is 5.03. The van der Waals surface area contributed by atoms with E-state index in [4.69, 9.17) is 26.3 Å². The van der Waals surface area contributed by atoms with E-state index in [1.165, 1.54) is 29.5 Å². The van der Waals surface area contributed by atoms with Crippen molar-refractivity contribution in [2.45, 2.75) is 32.7 Å². The monoisotopic (exact) mass is 558 g/mol. The second-order valence-corrected chi connectivity index (χ2v) is 9.66. The number of nitrogens with zero attached hydrogens (tertiary/aromatic N) is 3. The van der Waals surface area contributed by atoms with Crippen LogP contribution in [0.4, 0.5) is 11.5 Å². The third-order valence-corrected chi connectivity index (χ3v) is 7.06. The number of rotatable bonds is 6. The molecule has 0 radical (unpaired) electrons. The van der Waals surface area contributed by atoms with Crippen LogP contribution in [0.3, 0.4) is 0 Å². The largest absolute Gasteiger partial charge is 0.497 e. The second kappa shape index (κ2) is 11.2. The summed E-state index contributed by atoms with van der Waals surface area (Å²) in [6.07, 6.45) is 2.87. The maximum Gasteiger partial charge on any atom is 0.335 e. The number of methoxy groups -OCH3 is 1. The number of hydrogen-bond acceptors (Lipinski definition) is 8. The van der Waals surface area contributed by atoms with Crippen molar-refractivity contribution in [2.24, 2.45) is 9.98 Å². The van der Waals surface area contributed by atoms with Gasteiger partial charge in [-0.25, -0.2) is 19.8 Å². The molecule has 11 heteroatoms. The van der Waals surface area contributed by atoms with Gasteiger partial charge in [0.1, 0.15) is 23.4 Å². The van der Waals surface area contributed by atoms with Crippen molar-refractivity contribution < 1.29 is 19.4 Å². The molecule has 1 unspecified atom stereocenters. The first-order valence-corrected chi connectivity index (χ1v) is 13.0. The number of anilines is 1. The van der Waals surface area contributed by atoms with E-state index in [9.17, 15) is 14.7 Å². The van der Waals surface area contributed by atoms with E-state index in [2.05, 4.69) is 33.9 Å². The first-order chi connectivity index (χ1) is 19.3. The van der Waals surface area contributed by atoms with Gasteiger partial charge in [-0.2, -0.15) is 0 Å². The molecule has 0 saturated carbocycles. The minimum Gasteiger partial charge on any atom is -0.497 e. The van der Waals surface area contributed by atoms with Crippen molar-refractivity contribution in [1.29, 1.82) is 0 Å². The maximum absolute atomic E-state index is 13.6. The number of aliphatic imine (C=N–C) groups is 2. The van der Waals surface area contributed by atoms with Crippen LogP contribution in [0.5, 0.6) is 5.75 Å². The van der Waals surface area contributed by atoms with E-state index >= 15 is 0 Å². The van der Waals surface area contributed by atoms with Crippen LogP contribution >= 0.6 is 11.6 Å². The summed E-state index contributed by atoms with van der Waals surface area (Å²) < 4.78 is 5.29. The molecule has 2 aliphatic heterocycles. The number of hydrogen-bond donors (Lipinski definition) is 4. The molecule has 0 spiro atoms. The van der Waals surface area contributed by atoms with Crippen LogP contribution in [-0.2, 0) is 17.6 Å². The Bertz CT molecular complexity index is 1610. The first kappa shape index (κ1) is 26.9. The third-order valence-electron chi connectivity index (χ3n) is 6.73. The van der Waals surface area contributed by atoms with Gasteiger partial charge in [0.15, 0.2) is 0 Å². The Morgan fingerprint density at radius 1 is 1.20 bits per heavy atom. The van der Waals surface area contributed by atoms with Crippen molar-refractivity contribution >= 4 is 46.8 Å². The van der Waals surface area contributed by atoms with Crippen LogP contribution in [-0.4, -0.2) is 40.9 Å². The molecule has 10 nitrogen and oxygen atoms in total. The van der Waals surface area contributed by atoms with E-state index in [0.29, 0.717) is 40.0 Å². The first-order valence-electron chi connectivity index (χ1n) is 12.6. The molecule has 1 atom stereocenters. The molecule has 0 bridgehead atoms. The molecule has 204 valence electrons. The van der Waals surface area contributed by atoms with Crippen LogP contribution in [0.15, 0.2) is 76.0 Å². The minimum absolute atomic E-state index is 0.00147. The quantitative estimate of drug-likeness (QED) is 0.341. The predicted octanol–water partition coefficient (Wildman–Crippen LogP) is 4.79. The predicted molar refractivity (Wildman–Crippen MR) is 154 cm³/mol. The SMILES string of the molecule is CCc1cccc2c1CC(NC1=NC(c3ccc(OC)cc3Cl)C(C(=O)Nc3cc(C(=O)O)ccn3)=C(C)N1)=N2. The zero-order valence-electron chi connectivity index (χ0n) is 22.1. The maximum atomic E-state index is 13.6. The number of allylic oxidation sites excluding steroid dienone is 1. The van der Waals surface area contributed by atoms with Gasteiger partial charge in [-0.05, 0) is 54.8 Å². The molecule has 2 aliphatic rings. The number of carboxylic acid groups (broad SMARTS) is 1. The molecule has 40 heavy (non-hydrogen) atoms. The highest BCUT2D eigenvalue weighted by molar-refractivity contribution is 6.31. The van der Waals surface area contributed by atoms with E-state index in [0.717, 1.165) is 17.9 Å². The third kappa shape index (κ3) is 5.39. The van der Waals surface area contributed by atoms with Crippen LogP contribution < -0.4 is 20.7 Å². The number of carbonyl (C=O) groups is 2. The van der Waals surface area contributed by atoms with Crippen molar-refractivity contribution in [1.82, 2.24) is 15.6 Å². The number of fused-ring (bicyclic) bond motifs is 1. The molecule has 5 rings (SSSR count). The Balaban J connectivity index is 1.47. The lowest BCUT2D eigenvalue weighted by molar-refractivity contribution is -0.113. The summed E-state index contributed by atoms with van der Waals surface area (Å²) >= 11 is 6.64. The van der Waals surface area contributed by atoms with Crippen molar-refractivity contribution in [3.05, 3.63) is 93.3 Å². The number of carboxylic acids is 1. The Hall–Kier alpha value is -4.70. The van der Waals surface area contributed by atoms with Crippen LogP contribution in [0.25, 0.3) is 0 Å². The number of nitrogens with one attached hydrogen (secondary N) is 3. The fourth-order valence-electron chi connectivity index (χ4n) is 4.75.